The lowest BCUT2D eigenvalue weighted by molar-refractivity contribution is -0.00758. The Morgan fingerprint density at radius 3 is 2.83 bits per heavy atom. The van der Waals surface area contributed by atoms with Crippen molar-refractivity contribution in [1.82, 2.24) is 19.9 Å². The summed E-state index contributed by atoms with van der Waals surface area (Å²) in [6.07, 6.45) is 4.13. The fourth-order valence-electron chi connectivity index (χ4n) is 3.15. The molecule has 5 heteroatoms. The SMILES string of the molecule is Cc1nc(CN2CC(N3CCCCC3C)C2)no1. The topological polar surface area (TPSA) is 45.4 Å². The number of likely N-dealkylation sites (tertiary alicyclic amines) is 2. The molecular formula is C13H22N4O. The Morgan fingerprint density at radius 1 is 1.33 bits per heavy atom. The van der Waals surface area contributed by atoms with E-state index in [4.69, 9.17) is 4.52 Å². The van der Waals surface area contributed by atoms with Crippen molar-refractivity contribution in [2.24, 2.45) is 0 Å². The predicted molar refractivity (Wildman–Crippen MR) is 68.1 cm³/mol. The normalized spacial score (nSPS) is 27.3. The van der Waals surface area contributed by atoms with Crippen LogP contribution in [0.25, 0.3) is 0 Å². The van der Waals surface area contributed by atoms with Crippen molar-refractivity contribution in [3.63, 3.8) is 0 Å². The van der Waals surface area contributed by atoms with Gasteiger partial charge in [0.15, 0.2) is 5.82 Å². The van der Waals surface area contributed by atoms with Crippen molar-refractivity contribution >= 4 is 0 Å². The molecule has 2 aliphatic rings. The second kappa shape index (κ2) is 4.97. The number of aryl methyl sites for hydroxylation is 1. The number of rotatable bonds is 3. The standard InChI is InChI=1S/C13H22N4O/c1-10-5-3-4-6-17(10)12-7-16(8-12)9-13-14-11(2)18-15-13/h10,12H,3-9H2,1-2H3. The van der Waals surface area contributed by atoms with Gasteiger partial charge in [-0.25, -0.2) is 0 Å². The van der Waals surface area contributed by atoms with Crippen molar-refractivity contribution in [2.45, 2.75) is 51.7 Å². The molecule has 1 aromatic heterocycles. The molecule has 2 saturated heterocycles. The zero-order valence-corrected chi connectivity index (χ0v) is 11.3. The van der Waals surface area contributed by atoms with Crippen LogP contribution in [0.3, 0.4) is 0 Å². The van der Waals surface area contributed by atoms with Crippen LogP contribution in [0.5, 0.6) is 0 Å². The minimum absolute atomic E-state index is 0.659. The molecular weight excluding hydrogens is 228 g/mol. The lowest BCUT2D eigenvalue weighted by Gasteiger charge is -2.49. The van der Waals surface area contributed by atoms with E-state index in [0.29, 0.717) is 5.89 Å². The average molecular weight is 250 g/mol. The van der Waals surface area contributed by atoms with E-state index in [1.807, 2.05) is 6.92 Å². The van der Waals surface area contributed by atoms with Gasteiger partial charge in [0.1, 0.15) is 0 Å². The summed E-state index contributed by atoms with van der Waals surface area (Å²) in [5.41, 5.74) is 0. The monoisotopic (exact) mass is 250 g/mol. The Bertz CT molecular complexity index is 399. The van der Waals surface area contributed by atoms with Gasteiger partial charge in [-0.05, 0) is 26.3 Å². The van der Waals surface area contributed by atoms with Gasteiger partial charge in [0.25, 0.3) is 0 Å². The van der Waals surface area contributed by atoms with Crippen LogP contribution in [0.4, 0.5) is 0 Å². The maximum absolute atomic E-state index is 5.00. The zero-order valence-electron chi connectivity index (χ0n) is 11.3. The van der Waals surface area contributed by atoms with Crippen LogP contribution in [0.15, 0.2) is 4.52 Å². The first-order chi connectivity index (χ1) is 8.72. The molecule has 0 amide bonds. The molecule has 0 saturated carbocycles. The first kappa shape index (κ1) is 12.1. The Hall–Kier alpha value is -0.940. The van der Waals surface area contributed by atoms with Gasteiger partial charge in [-0.3, -0.25) is 9.80 Å². The van der Waals surface area contributed by atoms with Gasteiger partial charge in [-0.2, -0.15) is 4.98 Å². The fraction of sp³-hybridized carbons (Fsp3) is 0.846. The van der Waals surface area contributed by atoms with E-state index in [0.717, 1.165) is 37.5 Å². The number of nitrogens with zero attached hydrogens (tertiary/aromatic N) is 4. The van der Waals surface area contributed by atoms with Crippen molar-refractivity contribution in [2.75, 3.05) is 19.6 Å². The molecule has 1 aromatic rings. The van der Waals surface area contributed by atoms with E-state index in [1.54, 1.807) is 0 Å². The highest BCUT2D eigenvalue weighted by molar-refractivity contribution is 4.94. The van der Waals surface area contributed by atoms with E-state index in [9.17, 15) is 0 Å². The van der Waals surface area contributed by atoms with Crippen LogP contribution in [0.2, 0.25) is 0 Å². The van der Waals surface area contributed by atoms with Crippen molar-refractivity contribution < 1.29 is 4.52 Å². The van der Waals surface area contributed by atoms with Crippen molar-refractivity contribution in [3.05, 3.63) is 11.7 Å². The van der Waals surface area contributed by atoms with E-state index in [1.165, 1.54) is 25.8 Å². The minimum Gasteiger partial charge on any atom is -0.340 e. The summed E-state index contributed by atoms with van der Waals surface area (Å²) in [6.45, 7) is 8.61. The molecule has 1 atom stereocenters. The maximum Gasteiger partial charge on any atom is 0.223 e. The van der Waals surface area contributed by atoms with Crippen LogP contribution < -0.4 is 0 Å². The van der Waals surface area contributed by atoms with Gasteiger partial charge in [0.05, 0.1) is 6.54 Å². The zero-order chi connectivity index (χ0) is 12.5. The molecule has 1 unspecified atom stereocenters. The van der Waals surface area contributed by atoms with E-state index in [-0.39, 0.29) is 0 Å². The highest BCUT2D eigenvalue weighted by atomic mass is 16.5. The summed E-state index contributed by atoms with van der Waals surface area (Å²) in [5, 5.41) is 3.95. The molecule has 3 rings (SSSR count). The van der Waals surface area contributed by atoms with Crippen molar-refractivity contribution in [3.8, 4) is 0 Å². The summed E-state index contributed by atoms with van der Waals surface area (Å²) in [5.74, 6) is 1.48. The van der Waals surface area contributed by atoms with Gasteiger partial charge in [-0.1, -0.05) is 11.6 Å². The van der Waals surface area contributed by atoms with Crippen LogP contribution in [-0.2, 0) is 6.54 Å². The fourth-order valence-corrected chi connectivity index (χ4v) is 3.15. The van der Waals surface area contributed by atoms with E-state index in [2.05, 4.69) is 26.9 Å². The summed E-state index contributed by atoms with van der Waals surface area (Å²) in [6, 6.07) is 1.51. The molecule has 0 aliphatic carbocycles. The molecule has 0 spiro atoms. The van der Waals surface area contributed by atoms with E-state index < -0.39 is 0 Å². The minimum atomic E-state index is 0.659. The third kappa shape index (κ3) is 2.42. The molecule has 0 aromatic carbocycles. The quantitative estimate of drug-likeness (QED) is 0.812. The van der Waals surface area contributed by atoms with Crippen LogP contribution in [-0.4, -0.2) is 51.7 Å². The van der Waals surface area contributed by atoms with Crippen LogP contribution in [0.1, 0.15) is 37.9 Å². The highest BCUT2D eigenvalue weighted by Crippen LogP contribution is 2.24. The second-order valence-corrected chi connectivity index (χ2v) is 5.66. The second-order valence-electron chi connectivity index (χ2n) is 5.66. The van der Waals surface area contributed by atoms with Crippen molar-refractivity contribution in [1.29, 1.82) is 0 Å². The largest absolute Gasteiger partial charge is 0.340 e. The molecule has 2 fully saturated rings. The first-order valence-electron chi connectivity index (χ1n) is 6.99. The highest BCUT2D eigenvalue weighted by Gasteiger charge is 2.35. The summed E-state index contributed by atoms with van der Waals surface area (Å²) >= 11 is 0. The Labute approximate surface area is 108 Å². The van der Waals surface area contributed by atoms with E-state index >= 15 is 0 Å². The maximum atomic E-state index is 5.00. The summed E-state index contributed by atoms with van der Waals surface area (Å²) in [7, 11) is 0. The Balaban J connectivity index is 1.48. The molecule has 5 nitrogen and oxygen atoms in total. The molecule has 2 aliphatic heterocycles. The predicted octanol–water partition coefficient (Wildman–Crippen LogP) is 1.44. The molecule has 0 bridgehead atoms. The molecule has 3 heterocycles. The smallest absolute Gasteiger partial charge is 0.223 e. The Morgan fingerprint density at radius 2 is 2.17 bits per heavy atom. The van der Waals surface area contributed by atoms with Gasteiger partial charge in [0.2, 0.25) is 5.89 Å². The van der Waals surface area contributed by atoms with Crippen LogP contribution in [0, 0.1) is 6.92 Å². The number of hydrogen-bond donors (Lipinski definition) is 0. The molecule has 100 valence electrons. The Kier molecular flexibility index (Phi) is 3.35. The number of aromatic nitrogens is 2. The molecule has 0 radical (unpaired) electrons. The average Bonchev–Trinajstić information content (AvgIpc) is 2.70. The molecule has 18 heavy (non-hydrogen) atoms. The summed E-state index contributed by atoms with van der Waals surface area (Å²) < 4.78 is 5.00. The van der Waals surface area contributed by atoms with Gasteiger partial charge in [0, 0.05) is 32.1 Å². The number of hydrogen-bond acceptors (Lipinski definition) is 5. The summed E-state index contributed by atoms with van der Waals surface area (Å²) in [4.78, 5) is 9.33. The van der Waals surface area contributed by atoms with Gasteiger partial charge >= 0.3 is 0 Å². The lowest BCUT2D eigenvalue weighted by Crippen LogP contribution is -2.61. The lowest BCUT2D eigenvalue weighted by atomic mass is 9.97. The van der Waals surface area contributed by atoms with Gasteiger partial charge in [-0.15, -0.1) is 0 Å². The third-order valence-corrected chi connectivity index (χ3v) is 4.20. The first-order valence-corrected chi connectivity index (χ1v) is 6.99. The number of piperidine rings is 1. The van der Waals surface area contributed by atoms with Gasteiger partial charge < -0.3 is 4.52 Å². The third-order valence-electron chi connectivity index (χ3n) is 4.20. The molecule has 0 N–H and O–H groups in total. The van der Waals surface area contributed by atoms with Crippen LogP contribution >= 0.6 is 0 Å².